The van der Waals surface area contributed by atoms with Crippen molar-refractivity contribution in [1.29, 1.82) is 0 Å². The molecule has 1 saturated heterocycles. The third-order valence-corrected chi connectivity index (χ3v) is 6.85. The summed E-state index contributed by atoms with van der Waals surface area (Å²) in [5.74, 6) is 1.03. The summed E-state index contributed by atoms with van der Waals surface area (Å²) in [6.07, 6.45) is 1.95. The molecule has 8 nitrogen and oxygen atoms in total. The molecule has 9 heteroatoms. The highest BCUT2D eigenvalue weighted by Gasteiger charge is 2.28. The van der Waals surface area contributed by atoms with E-state index >= 15 is 0 Å². The van der Waals surface area contributed by atoms with Crippen LogP contribution in [0.25, 0.3) is 0 Å². The maximum atomic E-state index is 13.0. The average molecular weight is 422 g/mol. The Morgan fingerprint density at radius 1 is 1.14 bits per heavy atom. The number of aromatic nitrogens is 1. The first kappa shape index (κ1) is 21.2. The third kappa shape index (κ3) is 4.25. The number of nitrogens with one attached hydrogen (secondary N) is 1. The van der Waals surface area contributed by atoms with Crippen molar-refractivity contribution in [2.45, 2.75) is 31.2 Å². The van der Waals surface area contributed by atoms with Crippen molar-refractivity contribution >= 4 is 15.9 Å². The second-order valence-corrected chi connectivity index (χ2v) is 8.78. The van der Waals surface area contributed by atoms with E-state index in [2.05, 4.69) is 4.72 Å². The first-order valence-electron chi connectivity index (χ1n) is 9.44. The molecule has 0 radical (unpaired) electrons. The van der Waals surface area contributed by atoms with Gasteiger partial charge in [-0.3, -0.25) is 4.79 Å². The monoisotopic (exact) mass is 421 g/mol. The Morgan fingerprint density at radius 2 is 1.83 bits per heavy atom. The van der Waals surface area contributed by atoms with Gasteiger partial charge in [0, 0.05) is 37.9 Å². The zero-order chi connectivity index (χ0) is 21.2. The van der Waals surface area contributed by atoms with E-state index in [0.29, 0.717) is 41.5 Å². The Bertz CT molecular complexity index is 1010. The molecule has 158 valence electrons. The predicted molar refractivity (Wildman–Crippen MR) is 109 cm³/mol. The SMILES string of the molecule is COc1ccc(OC)c(CNS(=O)(=O)c2cc(C(=O)N3CCCC3)n(C)c2C)c1. The Kier molecular flexibility index (Phi) is 6.18. The normalized spacial score (nSPS) is 14.3. The van der Waals surface area contributed by atoms with Crippen LogP contribution in [0.3, 0.4) is 0 Å². The molecule has 1 aliphatic heterocycles. The molecule has 0 aliphatic carbocycles. The van der Waals surface area contributed by atoms with Gasteiger partial charge in [-0.05, 0) is 44.0 Å². The maximum absolute atomic E-state index is 13.0. The lowest BCUT2D eigenvalue weighted by Gasteiger charge is -2.15. The topological polar surface area (TPSA) is 89.9 Å². The molecule has 1 aromatic heterocycles. The number of nitrogens with zero attached hydrogens (tertiary/aromatic N) is 2. The number of amides is 1. The van der Waals surface area contributed by atoms with Gasteiger partial charge >= 0.3 is 0 Å². The van der Waals surface area contributed by atoms with Gasteiger partial charge in [0.25, 0.3) is 5.91 Å². The van der Waals surface area contributed by atoms with Gasteiger partial charge in [0.1, 0.15) is 22.1 Å². The predicted octanol–water partition coefficient (Wildman–Crippen LogP) is 2.07. The molecule has 0 atom stereocenters. The van der Waals surface area contributed by atoms with Crippen molar-refractivity contribution in [3.63, 3.8) is 0 Å². The molecule has 2 heterocycles. The van der Waals surface area contributed by atoms with Gasteiger partial charge in [-0.25, -0.2) is 13.1 Å². The zero-order valence-corrected chi connectivity index (χ0v) is 18.0. The summed E-state index contributed by atoms with van der Waals surface area (Å²) < 4.78 is 40.7. The summed E-state index contributed by atoms with van der Waals surface area (Å²) in [6, 6.07) is 6.65. The largest absolute Gasteiger partial charge is 0.497 e. The van der Waals surface area contributed by atoms with Gasteiger partial charge in [-0.1, -0.05) is 0 Å². The van der Waals surface area contributed by atoms with Gasteiger partial charge in [0.15, 0.2) is 0 Å². The van der Waals surface area contributed by atoms with Crippen LogP contribution < -0.4 is 14.2 Å². The minimum absolute atomic E-state index is 0.0342. The third-order valence-electron chi connectivity index (χ3n) is 5.33. The Hall–Kier alpha value is -2.52. The number of rotatable bonds is 7. The van der Waals surface area contributed by atoms with Gasteiger partial charge in [0.2, 0.25) is 10.0 Å². The summed E-state index contributed by atoms with van der Waals surface area (Å²) in [6.45, 7) is 3.14. The Balaban J connectivity index is 1.85. The molecule has 0 saturated carbocycles. The van der Waals surface area contributed by atoms with Crippen LogP contribution in [0, 0.1) is 6.92 Å². The molecule has 1 amide bonds. The highest BCUT2D eigenvalue weighted by atomic mass is 32.2. The quantitative estimate of drug-likeness (QED) is 0.739. The van der Waals surface area contributed by atoms with Crippen LogP contribution >= 0.6 is 0 Å². The summed E-state index contributed by atoms with van der Waals surface area (Å²) >= 11 is 0. The minimum atomic E-state index is -3.83. The lowest BCUT2D eigenvalue weighted by atomic mass is 10.2. The molecule has 2 aromatic rings. The molecule has 29 heavy (non-hydrogen) atoms. The number of carbonyl (C=O) groups is 1. The second kappa shape index (κ2) is 8.46. The molecule has 1 aromatic carbocycles. The van der Waals surface area contributed by atoms with Crippen molar-refractivity contribution in [2.75, 3.05) is 27.3 Å². The standard InChI is InChI=1S/C20H27N3O5S/c1-14-19(12-17(22(14)2)20(24)23-9-5-6-10-23)29(25,26)21-13-15-11-16(27-3)7-8-18(15)28-4/h7-8,11-12,21H,5-6,9-10,13H2,1-4H3. The summed E-state index contributed by atoms with van der Waals surface area (Å²) in [5.41, 5.74) is 1.54. The van der Waals surface area contributed by atoms with Gasteiger partial charge in [-0.2, -0.15) is 0 Å². The zero-order valence-electron chi connectivity index (χ0n) is 17.2. The molecular weight excluding hydrogens is 394 g/mol. The van der Waals surface area contributed by atoms with Crippen LogP contribution in [0.2, 0.25) is 0 Å². The molecule has 0 spiro atoms. The van der Waals surface area contributed by atoms with Crippen LogP contribution in [0.5, 0.6) is 11.5 Å². The van der Waals surface area contributed by atoms with E-state index in [0.717, 1.165) is 12.8 Å². The van der Waals surface area contributed by atoms with Crippen LogP contribution in [-0.4, -0.2) is 51.1 Å². The van der Waals surface area contributed by atoms with E-state index < -0.39 is 10.0 Å². The molecule has 3 rings (SSSR count). The fourth-order valence-corrected chi connectivity index (χ4v) is 4.80. The summed E-state index contributed by atoms with van der Waals surface area (Å²) in [5, 5.41) is 0. The minimum Gasteiger partial charge on any atom is -0.497 e. The number of hydrogen-bond donors (Lipinski definition) is 1. The van der Waals surface area contributed by atoms with Crippen LogP contribution in [0.15, 0.2) is 29.2 Å². The molecule has 0 bridgehead atoms. The van der Waals surface area contributed by atoms with E-state index in [1.165, 1.54) is 13.2 Å². The number of ether oxygens (including phenoxy) is 2. The van der Waals surface area contributed by atoms with Crippen molar-refractivity contribution in [3.05, 3.63) is 41.2 Å². The number of methoxy groups -OCH3 is 2. The lowest BCUT2D eigenvalue weighted by Crippen LogP contribution is -2.29. The van der Waals surface area contributed by atoms with Gasteiger partial charge in [-0.15, -0.1) is 0 Å². The fourth-order valence-electron chi connectivity index (χ4n) is 3.50. The maximum Gasteiger partial charge on any atom is 0.270 e. The number of carbonyl (C=O) groups excluding carboxylic acids is 1. The first-order chi connectivity index (χ1) is 13.8. The first-order valence-corrected chi connectivity index (χ1v) is 10.9. The average Bonchev–Trinajstić information content (AvgIpc) is 3.35. The Morgan fingerprint density at radius 3 is 2.45 bits per heavy atom. The highest BCUT2D eigenvalue weighted by Crippen LogP contribution is 2.26. The molecule has 1 fully saturated rings. The fraction of sp³-hybridized carbons (Fsp3) is 0.450. The van der Waals surface area contributed by atoms with Crippen molar-refractivity contribution in [1.82, 2.24) is 14.2 Å². The highest BCUT2D eigenvalue weighted by molar-refractivity contribution is 7.89. The molecule has 1 aliphatic rings. The van der Waals surface area contributed by atoms with Crippen LogP contribution in [0.4, 0.5) is 0 Å². The van der Waals surface area contributed by atoms with Crippen LogP contribution in [0.1, 0.15) is 34.6 Å². The Labute approximate surface area is 171 Å². The van der Waals surface area contributed by atoms with Gasteiger partial charge < -0.3 is 18.9 Å². The van der Waals surface area contributed by atoms with E-state index in [1.807, 2.05) is 0 Å². The molecule has 0 unspecified atom stereocenters. The number of benzene rings is 1. The van der Waals surface area contributed by atoms with E-state index in [9.17, 15) is 13.2 Å². The second-order valence-electron chi connectivity index (χ2n) is 7.04. The number of sulfonamides is 1. The number of likely N-dealkylation sites (tertiary alicyclic amines) is 1. The number of hydrogen-bond acceptors (Lipinski definition) is 5. The van der Waals surface area contributed by atoms with Crippen LogP contribution in [-0.2, 0) is 23.6 Å². The lowest BCUT2D eigenvalue weighted by molar-refractivity contribution is 0.0783. The van der Waals surface area contributed by atoms with Crippen molar-refractivity contribution < 1.29 is 22.7 Å². The van der Waals surface area contributed by atoms with Crippen molar-refractivity contribution in [3.8, 4) is 11.5 Å². The van der Waals surface area contributed by atoms with Gasteiger partial charge in [0.05, 0.1) is 14.2 Å². The van der Waals surface area contributed by atoms with E-state index in [-0.39, 0.29) is 17.3 Å². The summed E-state index contributed by atoms with van der Waals surface area (Å²) in [4.78, 5) is 14.6. The molecule has 1 N–H and O–H groups in total. The molecular formula is C20H27N3O5S. The van der Waals surface area contributed by atoms with E-state index in [4.69, 9.17) is 9.47 Å². The smallest absolute Gasteiger partial charge is 0.270 e. The van der Waals surface area contributed by atoms with E-state index in [1.54, 1.807) is 48.7 Å². The summed E-state index contributed by atoms with van der Waals surface area (Å²) in [7, 11) is 0.950. The van der Waals surface area contributed by atoms with Crippen molar-refractivity contribution in [2.24, 2.45) is 7.05 Å².